The van der Waals surface area contributed by atoms with Crippen LogP contribution in [0.25, 0.3) is 5.65 Å². The van der Waals surface area contributed by atoms with Gasteiger partial charge in [-0.25, -0.2) is 4.98 Å². The van der Waals surface area contributed by atoms with Gasteiger partial charge in [-0.2, -0.15) is 0 Å². The van der Waals surface area contributed by atoms with Gasteiger partial charge in [-0.1, -0.05) is 0 Å². The summed E-state index contributed by atoms with van der Waals surface area (Å²) in [5.74, 6) is 0. The molecule has 2 aromatic heterocycles. The van der Waals surface area contributed by atoms with E-state index in [9.17, 15) is 0 Å². The first-order chi connectivity index (χ1) is 7.22. The van der Waals surface area contributed by atoms with Gasteiger partial charge < -0.3 is 15.0 Å². The lowest BCUT2D eigenvalue weighted by Gasteiger charge is -2.12. The van der Waals surface area contributed by atoms with Crippen LogP contribution in [0.3, 0.4) is 0 Å². The summed E-state index contributed by atoms with van der Waals surface area (Å²) in [7, 11) is 4.05. The van der Waals surface area contributed by atoms with Gasteiger partial charge >= 0.3 is 0 Å². The highest BCUT2D eigenvalue weighted by atomic mass is 15.1. The van der Waals surface area contributed by atoms with Crippen LogP contribution in [0.1, 0.15) is 5.69 Å². The quantitative estimate of drug-likeness (QED) is 0.808. The summed E-state index contributed by atoms with van der Waals surface area (Å²) in [5, 5.41) is 0. The maximum atomic E-state index is 5.54. The zero-order chi connectivity index (χ0) is 10.8. The van der Waals surface area contributed by atoms with E-state index in [1.54, 1.807) is 0 Å². The van der Waals surface area contributed by atoms with E-state index in [0.717, 1.165) is 23.4 Å². The summed E-state index contributed by atoms with van der Waals surface area (Å²) in [6, 6.07) is 4.15. The van der Waals surface area contributed by atoms with Crippen LogP contribution >= 0.6 is 0 Å². The number of hydrogen-bond acceptors (Lipinski definition) is 3. The van der Waals surface area contributed by atoms with E-state index in [4.69, 9.17) is 5.73 Å². The lowest BCUT2D eigenvalue weighted by molar-refractivity contribution is 0.904. The molecule has 0 amide bonds. The summed E-state index contributed by atoms with van der Waals surface area (Å²) < 4.78 is 2.08. The number of nitrogens with two attached hydrogens (primary N) is 1. The van der Waals surface area contributed by atoms with Gasteiger partial charge in [-0.05, 0) is 12.6 Å². The first-order valence-electron chi connectivity index (χ1n) is 5.06. The smallest absolute Gasteiger partial charge is 0.138 e. The number of rotatable bonds is 3. The van der Waals surface area contributed by atoms with Crippen LogP contribution in [0, 0.1) is 0 Å². The standard InChI is InChI=1S/C11H16N4/c1-14(2)9-4-6-15-10(3-5-12)8-13-11(15)7-9/h4,6-8H,3,5,12H2,1-2H3. The lowest BCUT2D eigenvalue weighted by atomic mass is 10.3. The average Bonchev–Trinajstić information content (AvgIpc) is 2.61. The second-order valence-corrected chi connectivity index (χ2v) is 3.80. The Labute approximate surface area is 89.3 Å². The van der Waals surface area contributed by atoms with E-state index < -0.39 is 0 Å². The molecule has 0 bridgehead atoms. The van der Waals surface area contributed by atoms with E-state index >= 15 is 0 Å². The molecular formula is C11H16N4. The third-order valence-corrected chi connectivity index (χ3v) is 2.49. The van der Waals surface area contributed by atoms with Gasteiger partial charge in [0.15, 0.2) is 0 Å². The number of nitrogens with zero attached hydrogens (tertiary/aromatic N) is 3. The first kappa shape index (κ1) is 9.98. The molecule has 2 N–H and O–H groups in total. The number of fused-ring (bicyclic) bond motifs is 1. The summed E-state index contributed by atoms with van der Waals surface area (Å²) >= 11 is 0. The predicted octanol–water partition coefficient (Wildman–Crippen LogP) is 0.901. The molecule has 15 heavy (non-hydrogen) atoms. The number of anilines is 1. The fourth-order valence-corrected chi connectivity index (χ4v) is 1.63. The Bertz CT molecular complexity index is 459. The molecule has 2 aromatic rings. The van der Waals surface area contributed by atoms with Crippen LogP contribution in [-0.4, -0.2) is 30.0 Å². The number of imidazole rings is 1. The molecule has 80 valence electrons. The van der Waals surface area contributed by atoms with E-state index in [-0.39, 0.29) is 0 Å². The number of hydrogen-bond donors (Lipinski definition) is 1. The Morgan fingerprint density at radius 3 is 2.93 bits per heavy atom. The Kier molecular flexibility index (Phi) is 2.60. The Morgan fingerprint density at radius 1 is 1.47 bits per heavy atom. The normalized spacial score (nSPS) is 10.9. The van der Waals surface area contributed by atoms with Crippen molar-refractivity contribution in [2.75, 3.05) is 25.5 Å². The summed E-state index contributed by atoms with van der Waals surface area (Å²) in [6.45, 7) is 0.656. The fraction of sp³-hybridized carbons (Fsp3) is 0.364. The predicted molar refractivity (Wildman–Crippen MR) is 62.3 cm³/mol. The second kappa shape index (κ2) is 3.90. The topological polar surface area (TPSA) is 46.6 Å². The minimum atomic E-state index is 0.656. The second-order valence-electron chi connectivity index (χ2n) is 3.80. The third kappa shape index (κ3) is 1.80. The van der Waals surface area contributed by atoms with Crippen molar-refractivity contribution < 1.29 is 0 Å². The van der Waals surface area contributed by atoms with Crippen molar-refractivity contribution in [1.82, 2.24) is 9.38 Å². The fourth-order valence-electron chi connectivity index (χ4n) is 1.63. The van der Waals surface area contributed by atoms with E-state index in [1.807, 2.05) is 26.5 Å². The van der Waals surface area contributed by atoms with Crippen LogP contribution in [-0.2, 0) is 6.42 Å². The van der Waals surface area contributed by atoms with Gasteiger partial charge in [0.1, 0.15) is 5.65 Å². The molecule has 4 heteroatoms. The van der Waals surface area contributed by atoms with Crippen LogP contribution in [0.15, 0.2) is 24.5 Å². The zero-order valence-electron chi connectivity index (χ0n) is 9.14. The monoisotopic (exact) mass is 204 g/mol. The Hall–Kier alpha value is -1.55. The molecule has 0 fully saturated rings. The molecule has 0 aromatic carbocycles. The van der Waals surface area contributed by atoms with Crippen molar-refractivity contribution in [3.05, 3.63) is 30.2 Å². The van der Waals surface area contributed by atoms with Crippen LogP contribution in [0.5, 0.6) is 0 Å². The Morgan fingerprint density at radius 2 is 2.27 bits per heavy atom. The maximum Gasteiger partial charge on any atom is 0.138 e. The van der Waals surface area contributed by atoms with E-state index in [1.165, 1.54) is 0 Å². The van der Waals surface area contributed by atoms with Crippen molar-refractivity contribution >= 4 is 11.3 Å². The molecule has 0 spiro atoms. The Balaban J connectivity index is 2.47. The number of pyridine rings is 1. The molecule has 0 aliphatic carbocycles. The summed E-state index contributed by atoms with van der Waals surface area (Å²) in [4.78, 5) is 6.43. The number of aromatic nitrogens is 2. The van der Waals surface area contributed by atoms with Crippen molar-refractivity contribution in [3.8, 4) is 0 Å². The first-order valence-corrected chi connectivity index (χ1v) is 5.06. The largest absolute Gasteiger partial charge is 0.378 e. The van der Waals surface area contributed by atoms with Crippen LogP contribution < -0.4 is 10.6 Å². The molecule has 0 saturated heterocycles. The molecule has 0 saturated carbocycles. The highest BCUT2D eigenvalue weighted by Crippen LogP contribution is 2.15. The van der Waals surface area contributed by atoms with Gasteiger partial charge in [0.05, 0.1) is 0 Å². The molecular weight excluding hydrogens is 188 g/mol. The minimum Gasteiger partial charge on any atom is -0.378 e. The van der Waals surface area contributed by atoms with Crippen LogP contribution in [0.4, 0.5) is 5.69 Å². The van der Waals surface area contributed by atoms with Gasteiger partial charge in [0, 0.05) is 50.4 Å². The summed E-state index contributed by atoms with van der Waals surface area (Å²) in [6.07, 6.45) is 4.80. The minimum absolute atomic E-state index is 0.656. The summed E-state index contributed by atoms with van der Waals surface area (Å²) in [5.41, 5.74) is 8.84. The van der Waals surface area contributed by atoms with Crippen molar-refractivity contribution in [2.24, 2.45) is 5.73 Å². The molecule has 4 nitrogen and oxygen atoms in total. The SMILES string of the molecule is CN(C)c1ccn2c(CCN)cnc2c1. The van der Waals surface area contributed by atoms with E-state index in [2.05, 4.69) is 26.4 Å². The molecule has 2 heterocycles. The van der Waals surface area contributed by atoms with Crippen molar-refractivity contribution in [1.29, 1.82) is 0 Å². The van der Waals surface area contributed by atoms with Gasteiger partial charge in [-0.15, -0.1) is 0 Å². The lowest BCUT2D eigenvalue weighted by Crippen LogP contribution is -2.09. The molecule has 0 atom stereocenters. The zero-order valence-corrected chi connectivity index (χ0v) is 9.14. The highest BCUT2D eigenvalue weighted by molar-refractivity contribution is 5.56. The molecule has 0 aliphatic rings. The van der Waals surface area contributed by atoms with Crippen molar-refractivity contribution in [2.45, 2.75) is 6.42 Å². The van der Waals surface area contributed by atoms with E-state index in [0.29, 0.717) is 6.54 Å². The molecule has 0 unspecified atom stereocenters. The van der Waals surface area contributed by atoms with Gasteiger partial charge in [-0.3, -0.25) is 0 Å². The molecule has 2 rings (SSSR count). The third-order valence-electron chi connectivity index (χ3n) is 2.49. The van der Waals surface area contributed by atoms with Gasteiger partial charge in [0.25, 0.3) is 0 Å². The van der Waals surface area contributed by atoms with Crippen molar-refractivity contribution in [3.63, 3.8) is 0 Å². The average molecular weight is 204 g/mol. The van der Waals surface area contributed by atoms with Gasteiger partial charge in [0.2, 0.25) is 0 Å². The molecule has 0 radical (unpaired) electrons. The highest BCUT2D eigenvalue weighted by Gasteiger charge is 2.03. The van der Waals surface area contributed by atoms with Crippen LogP contribution in [0.2, 0.25) is 0 Å². The maximum absolute atomic E-state index is 5.54. The molecule has 0 aliphatic heterocycles.